The summed E-state index contributed by atoms with van der Waals surface area (Å²) >= 11 is 5.68. The largest absolute Gasteiger partial charge is 0.358 e. The van der Waals surface area contributed by atoms with Gasteiger partial charge in [-0.25, -0.2) is 0 Å². The van der Waals surface area contributed by atoms with Gasteiger partial charge in [-0.2, -0.15) is 0 Å². The molecule has 0 amide bonds. The number of aryl methyl sites for hydroxylation is 2. The number of thiocarbonyl (C=S) groups is 1. The Labute approximate surface area is 203 Å². The molecule has 1 aromatic heterocycles. The van der Waals surface area contributed by atoms with Crippen molar-refractivity contribution in [2.45, 2.75) is 53.0 Å². The van der Waals surface area contributed by atoms with Gasteiger partial charge in [-0.15, -0.1) is 24.0 Å². The molecule has 0 fully saturated rings. The smallest absolute Gasteiger partial charge is 0.110 e. The Bertz CT molecular complexity index is 993. The number of fused-ring (bicyclic) bond motifs is 1. The SMILES string of the molecule is CCc1cccc(C(=S)Nc2ccc3[nH]c(CC)c(CCN(C)C(C)C)c3c2)c1.I. The van der Waals surface area contributed by atoms with Crippen molar-refractivity contribution in [1.82, 2.24) is 9.88 Å². The predicted octanol–water partition coefficient (Wildman–Crippen LogP) is 6.58. The molecule has 0 aliphatic rings. The van der Waals surface area contributed by atoms with E-state index in [4.69, 9.17) is 12.2 Å². The predicted molar refractivity (Wildman–Crippen MR) is 146 cm³/mol. The Morgan fingerprint density at radius 3 is 2.53 bits per heavy atom. The summed E-state index contributed by atoms with van der Waals surface area (Å²) in [7, 11) is 2.20. The average Bonchev–Trinajstić information content (AvgIpc) is 3.08. The minimum absolute atomic E-state index is 0. The normalized spacial score (nSPS) is 11.2. The summed E-state index contributed by atoms with van der Waals surface area (Å²) in [6.07, 6.45) is 3.07. The molecule has 0 saturated heterocycles. The molecule has 0 unspecified atom stereocenters. The summed E-state index contributed by atoms with van der Waals surface area (Å²) in [6, 6.07) is 15.5. The van der Waals surface area contributed by atoms with Gasteiger partial charge in [-0.3, -0.25) is 0 Å². The Balaban J connectivity index is 0.00000320. The molecule has 0 atom stereocenters. The second-order valence-electron chi connectivity index (χ2n) is 8.03. The van der Waals surface area contributed by atoms with Crippen LogP contribution in [0.1, 0.15) is 50.1 Å². The van der Waals surface area contributed by atoms with E-state index in [9.17, 15) is 0 Å². The molecule has 3 nitrogen and oxygen atoms in total. The van der Waals surface area contributed by atoms with Crippen LogP contribution in [0.25, 0.3) is 10.9 Å². The molecule has 3 rings (SSSR count). The number of nitrogens with one attached hydrogen (secondary N) is 2. The van der Waals surface area contributed by atoms with Crippen LogP contribution < -0.4 is 5.32 Å². The third-order valence-electron chi connectivity index (χ3n) is 5.80. The van der Waals surface area contributed by atoms with Crippen molar-refractivity contribution in [2.75, 3.05) is 18.9 Å². The van der Waals surface area contributed by atoms with Gasteiger partial charge in [0.2, 0.25) is 0 Å². The molecule has 162 valence electrons. The highest BCUT2D eigenvalue weighted by Crippen LogP contribution is 2.27. The van der Waals surface area contributed by atoms with Crippen LogP contribution in [0, 0.1) is 0 Å². The van der Waals surface area contributed by atoms with Crippen LogP contribution in [-0.4, -0.2) is 34.5 Å². The maximum atomic E-state index is 5.68. The highest BCUT2D eigenvalue weighted by molar-refractivity contribution is 14.0. The summed E-state index contributed by atoms with van der Waals surface area (Å²) in [5, 5.41) is 4.75. The van der Waals surface area contributed by atoms with Crippen molar-refractivity contribution in [1.29, 1.82) is 0 Å². The number of halogens is 1. The Kier molecular flexibility index (Phi) is 9.31. The van der Waals surface area contributed by atoms with Gasteiger partial charge in [0.1, 0.15) is 4.99 Å². The number of likely N-dealkylation sites (N-methyl/N-ethyl adjacent to an activating group) is 1. The zero-order valence-electron chi connectivity index (χ0n) is 18.7. The fourth-order valence-electron chi connectivity index (χ4n) is 3.65. The van der Waals surface area contributed by atoms with Gasteiger partial charge in [0.25, 0.3) is 0 Å². The number of hydrogen-bond acceptors (Lipinski definition) is 2. The van der Waals surface area contributed by atoms with E-state index in [1.54, 1.807) is 0 Å². The van der Waals surface area contributed by atoms with Crippen molar-refractivity contribution in [3.8, 4) is 0 Å². The number of benzene rings is 2. The fourth-order valence-corrected chi connectivity index (χ4v) is 3.90. The first kappa shape index (κ1) is 24.8. The van der Waals surface area contributed by atoms with Gasteiger partial charge in [0, 0.05) is 40.4 Å². The van der Waals surface area contributed by atoms with E-state index in [0.717, 1.165) is 42.0 Å². The van der Waals surface area contributed by atoms with Crippen LogP contribution in [0.2, 0.25) is 0 Å². The van der Waals surface area contributed by atoms with Crippen molar-refractivity contribution in [3.63, 3.8) is 0 Å². The third-order valence-corrected chi connectivity index (χ3v) is 6.14. The Morgan fingerprint density at radius 1 is 1.10 bits per heavy atom. The molecular weight excluding hydrogens is 501 g/mol. The third kappa shape index (κ3) is 5.83. The van der Waals surface area contributed by atoms with Gasteiger partial charge in [0.05, 0.1) is 0 Å². The van der Waals surface area contributed by atoms with Gasteiger partial charge >= 0.3 is 0 Å². The Morgan fingerprint density at radius 2 is 1.87 bits per heavy atom. The molecule has 1 heterocycles. The first-order valence-electron chi connectivity index (χ1n) is 10.7. The summed E-state index contributed by atoms with van der Waals surface area (Å²) in [6.45, 7) is 9.92. The molecule has 0 bridgehead atoms. The van der Waals surface area contributed by atoms with Crippen LogP contribution in [0.3, 0.4) is 0 Å². The number of aromatic amines is 1. The molecule has 0 radical (unpaired) electrons. The number of nitrogens with zero attached hydrogens (tertiary/aromatic N) is 1. The molecule has 0 aliphatic heterocycles. The van der Waals surface area contributed by atoms with Crippen LogP contribution in [0.15, 0.2) is 42.5 Å². The van der Waals surface area contributed by atoms with E-state index in [2.05, 4.69) is 92.4 Å². The fraction of sp³-hybridized carbons (Fsp3) is 0.400. The van der Waals surface area contributed by atoms with Crippen LogP contribution in [-0.2, 0) is 19.3 Å². The molecule has 5 heteroatoms. The van der Waals surface area contributed by atoms with Gasteiger partial charge < -0.3 is 15.2 Å². The summed E-state index contributed by atoms with van der Waals surface area (Å²) < 4.78 is 0. The Hall–Kier alpha value is -1.44. The minimum atomic E-state index is 0. The number of H-pyrrole nitrogens is 1. The lowest BCUT2D eigenvalue weighted by Crippen LogP contribution is -2.28. The molecule has 2 N–H and O–H groups in total. The maximum Gasteiger partial charge on any atom is 0.110 e. The van der Waals surface area contributed by atoms with Crippen molar-refractivity contribution in [2.24, 2.45) is 0 Å². The highest BCUT2D eigenvalue weighted by atomic mass is 127. The van der Waals surface area contributed by atoms with E-state index in [0.29, 0.717) is 6.04 Å². The zero-order valence-corrected chi connectivity index (χ0v) is 21.9. The lowest BCUT2D eigenvalue weighted by atomic mass is 10.0. The summed E-state index contributed by atoms with van der Waals surface area (Å²) in [5.74, 6) is 0. The van der Waals surface area contributed by atoms with E-state index in [1.165, 1.54) is 27.7 Å². The minimum Gasteiger partial charge on any atom is -0.358 e. The standard InChI is InChI=1S/C25H33N3S.HI/c1-6-18-9-8-10-19(15-18)25(29)26-20-11-12-24-22(16-20)21(23(7-2)27-24)13-14-28(5)17(3)4;/h8-12,15-17,27H,6-7,13-14H2,1-5H3,(H,26,29);1H. The molecular formula is C25H34IN3S. The maximum absolute atomic E-state index is 5.68. The number of anilines is 1. The van der Waals surface area contributed by atoms with Gasteiger partial charge in [-0.1, -0.05) is 44.3 Å². The van der Waals surface area contributed by atoms with Crippen molar-refractivity contribution >= 4 is 57.8 Å². The van der Waals surface area contributed by atoms with Crippen LogP contribution in [0.5, 0.6) is 0 Å². The second kappa shape index (κ2) is 11.3. The highest BCUT2D eigenvalue weighted by Gasteiger charge is 2.13. The molecule has 0 spiro atoms. The zero-order chi connectivity index (χ0) is 21.0. The monoisotopic (exact) mass is 535 g/mol. The van der Waals surface area contributed by atoms with E-state index in [1.807, 2.05) is 0 Å². The lowest BCUT2D eigenvalue weighted by molar-refractivity contribution is 0.277. The van der Waals surface area contributed by atoms with Crippen LogP contribution in [0.4, 0.5) is 5.69 Å². The topological polar surface area (TPSA) is 31.1 Å². The molecule has 3 aromatic rings. The number of rotatable bonds is 8. The van der Waals surface area contributed by atoms with Crippen molar-refractivity contribution < 1.29 is 0 Å². The molecule has 0 saturated carbocycles. The first-order chi connectivity index (χ1) is 13.9. The number of aromatic nitrogens is 1. The van der Waals surface area contributed by atoms with Gasteiger partial charge in [0.15, 0.2) is 0 Å². The van der Waals surface area contributed by atoms with Crippen molar-refractivity contribution in [3.05, 3.63) is 64.8 Å². The molecule has 2 aromatic carbocycles. The first-order valence-corrected chi connectivity index (χ1v) is 11.1. The lowest BCUT2D eigenvalue weighted by Gasteiger charge is -2.21. The second-order valence-corrected chi connectivity index (χ2v) is 8.44. The summed E-state index contributed by atoms with van der Waals surface area (Å²) in [5.41, 5.74) is 7.39. The number of hydrogen-bond donors (Lipinski definition) is 2. The summed E-state index contributed by atoms with van der Waals surface area (Å²) in [4.78, 5) is 6.78. The average molecular weight is 536 g/mol. The van der Waals surface area contributed by atoms with Gasteiger partial charge in [-0.05, 0) is 75.5 Å². The van der Waals surface area contributed by atoms with E-state index in [-0.39, 0.29) is 24.0 Å². The van der Waals surface area contributed by atoms with Crippen LogP contribution >= 0.6 is 36.2 Å². The van der Waals surface area contributed by atoms with E-state index < -0.39 is 0 Å². The molecule has 30 heavy (non-hydrogen) atoms. The van der Waals surface area contributed by atoms with E-state index >= 15 is 0 Å². The molecule has 0 aliphatic carbocycles. The quantitative estimate of drug-likeness (QED) is 0.252.